The number of rotatable bonds is 8. The minimum atomic E-state index is -0.719. The molecule has 0 fully saturated rings. The van der Waals surface area contributed by atoms with Crippen LogP contribution in [0.3, 0.4) is 0 Å². The van der Waals surface area contributed by atoms with Gasteiger partial charge in [0.1, 0.15) is 24.3 Å². The number of methoxy groups -OCH3 is 1. The first kappa shape index (κ1) is 18.2. The van der Waals surface area contributed by atoms with Gasteiger partial charge in [-0.2, -0.15) is 0 Å². The lowest BCUT2D eigenvalue weighted by atomic mass is 10.2. The van der Waals surface area contributed by atoms with Crippen LogP contribution in [0.1, 0.15) is 5.56 Å². The van der Waals surface area contributed by atoms with Crippen molar-refractivity contribution < 1.29 is 23.4 Å². The molecule has 0 bridgehead atoms. The van der Waals surface area contributed by atoms with Crippen LogP contribution in [-0.4, -0.2) is 43.4 Å². The maximum atomic E-state index is 13.7. The van der Waals surface area contributed by atoms with Gasteiger partial charge in [0.2, 0.25) is 0 Å². The molecule has 0 spiro atoms. The molecule has 0 aromatic heterocycles. The zero-order valence-corrected chi connectivity index (χ0v) is 13.7. The van der Waals surface area contributed by atoms with Crippen molar-refractivity contribution in [2.24, 2.45) is 0 Å². The summed E-state index contributed by atoms with van der Waals surface area (Å²) in [6.07, 6.45) is -0.719. The second-order valence-electron chi connectivity index (χ2n) is 5.58. The van der Waals surface area contributed by atoms with E-state index in [4.69, 9.17) is 9.47 Å². The Balaban J connectivity index is 1.79. The Kier molecular flexibility index (Phi) is 6.52. The number of halogens is 2. The maximum Gasteiger partial charge on any atom is 0.165 e. The van der Waals surface area contributed by atoms with Gasteiger partial charge in [0, 0.05) is 13.1 Å². The molecular weight excluding hydrogens is 316 g/mol. The number of nitrogens with zero attached hydrogens (tertiary/aromatic N) is 1. The number of aliphatic hydroxyl groups is 1. The van der Waals surface area contributed by atoms with Gasteiger partial charge in [0.05, 0.1) is 7.11 Å². The molecule has 1 atom stereocenters. The molecular formula is C18H21F2NO3. The van der Waals surface area contributed by atoms with Crippen LogP contribution in [0.5, 0.6) is 11.5 Å². The standard InChI is InChI=1S/C18H21F2NO3/c1-21(10-13-3-8-18(23-2)17(20)9-13)11-15(22)12-24-16-6-4-14(19)5-7-16/h3-9,15,22H,10-12H2,1-2H3. The fourth-order valence-corrected chi connectivity index (χ4v) is 2.32. The second kappa shape index (κ2) is 8.61. The molecule has 6 heteroatoms. The molecule has 0 amide bonds. The van der Waals surface area contributed by atoms with Gasteiger partial charge >= 0.3 is 0 Å². The van der Waals surface area contributed by atoms with Crippen LogP contribution in [0, 0.1) is 11.6 Å². The smallest absolute Gasteiger partial charge is 0.165 e. The lowest BCUT2D eigenvalue weighted by molar-refractivity contribution is 0.0743. The molecule has 0 saturated carbocycles. The first-order valence-electron chi connectivity index (χ1n) is 7.55. The molecule has 24 heavy (non-hydrogen) atoms. The highest BCUT2D eigenvalue weighted by molar-refractivity contribution is 5.29. The van der Waals surface area contributed by atoms with Crippen LogP contribution in [0.4, 0.5) is 8.78 Å². The molecule has 0 aliphatic carbocycles. The van der Waals surface area contributed by atoms with Crippen LogP contribution in [0.15, 0.2) is 42.5 Å². The normalized spacial score (nSPS) is 12.2. The molecule has 130 valence electrons. The Hall–Kier alpha value is -2.18. The van der Waals surface area contributed by atoms with Crippen LogP contribution >= 0.6 is 0 Å². The van der Waals surface area contributed by atoms with Crippen molar-refractivity contribution in [1.82, 2.24) is 4.90 Å². The van der Waals surface area contributed by atoms with E-state index >= 15 is 0 Å². The van der Waals surface area contributed by atoms with Gasteiger partial charge in [-0.25, -0.2) is 8.78 Å². The second-order valence-corrected chi connectivity index (χ2v) is 5.58. The van der Waals surface area contributed by atoms with Crippen molar-refractivity contribution in [1.29, 1.82) is 0 Å². The predicted octanol–water partition coefficient (Wildman–Crippen LogP) is 2.85. The Labute approximate surface area is 140 Å². The Morgan fingerprint density at radius 1 is 1.12 bits per heavy atom. The first-order valence-corrected chi connectivity index (χ1v) is 7.55. The van der Waals surface area contributed by atoms with Crippen molar-refractivity contribution >= 4 is 0 Å². The van der Waals surface area contributed by atoms with Gasteiger partial charge in [-0.15, -0.1) is 0 Å². The summed E-state index contributed by atoms with van der Waals surface area (Å²) in [5.74, 6) is -0.0533. The summed E-state index contributed by atoms with van der Waals surface area (Å²) in [4.78, 5) is 1.86. The van der Waals surface area contributed by atoms with Crippen LogP contribution in [-0.2, 0) is 6.54 Å². The molecule has 1 N–H and O–H groups in total. The van der Waals surface area contributed by atoms with E-state index in [2.05, 4.69) is 0 Å². The third-order valence-electron chi connectivity index (χ3n) is 3.45. The highest BCUT2D eigenvalue weighted by atomic mass is 19.1. The highest BCUT2D eigenvalue weighted by Crippen LogP contribution is 2.18. The lowest BCUT2D eigenvalue weighted by Gasteiger charge is -2.21. The molecule has 0 radical (unpaired) electrons. The van der Waals surface area contributed by atoms with Crippen molar-refractivity contribution in [2.45, 2.75) is 12.6 Å². The van der Waals surface area contributed by atoms with Gasteiger partial charge < -0.3 is 14.6 Å². The van der Waals surface area contributed by atoms with Crippen molar-refractivity contribution in [3.05, 3.63) is 59.7 Å². The van der Waals surface area contributed by atoms with Crippen LogP contribution < -0.4 is 9.47 Å². The Morgan fingerprint density at radius 3 is 2.46 bits per heavy atom. The SMILES string of the molecule is COc1ccc(CN(C)CC(O)COc2ccc(F)cc2)cc1F. The van der Waals surface area contributed by atoms with Gasteiger partial charge in [0.15, 0.2) is 11.6 Å². The monoisotopic (exact) mass is 337 g/mol. The molecule has 2 rings (SSSR count). The van der Waals surface area contributed by atoms with Crippen molar-refractivity contribution in [2.75, 3.05) is 27.3 Å². The number of likely N-dealkylation sites (N-methyl/N-ethyl adjacent to an activating group) is 1. The molecule has 2 aromatic carbocycles. The predicted molar refractivity (Wildman–Crippen MR) is 87.2 cm³/mol. The molecule has 4 nitrogen and oxygen atoms in total. The van der Waals surface area contributed by atoms with E-state index in [1.807, 2.05) is 11.9 Å². The van der Waals surface area contributed by atoms with E-state index in [9.17, 15) is 13.9 Å². The highest BCUT2D eigenvalue weighted by Gasteiger charge is 2.11. The minimum absolute atomic E-state index is 0.0902. The van der Waals surface area contributed by atoms with Gasteiger partial charge in [-0.3, -0.25) is 4.90 Å². The quantitative estimate of drug-likeness (QED) is 0.804. The summed E-state index contributed by atoms with van der Waals surface area (Å²) in [7, 11) is 3.24. The van der Waals surface area contributed by atoms with Gasteiger partial charge in [-0.05, 0) is 49.0 Å². The van der Waals surface area contributed by atoms with Crippen LogP contribution in [0.2, 0.25) is 0 Å². The first-order chi connectivity index (χ1) is 11.5. The average molecular weight is 337 g/mol. The summed E-state index contributed by atoms with van der Waals surface area (Å²) >= 11 is 0. The Bertz CT molecular complexity index is 649. The molecule has 0 heterocycles. The van der Waals surface area contributed by atoms with E-state index in [0.717, 1.165) is 5.56 Å². The topological polar surface area (TPSA) is 41.9 Å². The summed E-state index contributed by atoms with van der Waals surface area (Å²) in [6, 6.07) is 10.4. The number of ether oxygens (including phenoxy) is 2. The molecule has 0 aliphatic heterocycles. The fraction of sp³-hybridized carbons (Fsp3) is 0.333. The largest absolute Gasteiger partial charge is 0.494 e. The zero-order valence-electron chi connectivity index (χ0n) is 13.7. The molecule has 0 aliphatic rings. The van der Waals surface area contributed by atoms with E-state index in [0.29, 0.717) is 18.8 Å². The number of aliphatic hydroxyl groups excluding tert-OH is 1. The molecule has 2 aromatic rings. The van der Waals surface area contributed by atoms with Gasteiger partial charge in [0.25, 0.3) is 0 Å². The summed E-state index contributed by atoms with van der Waals surface area (Å²) in [5, 5.41) is 10.0. The number of hydrogen-bond acceptors (Lipinski definition) is 4. The van der Waals surface area contributed by atoms with E-state index < -0.39 is 11.9 Å². The molecule has 1 unspecified atom stereocenters. The van der Waals surface area contributed by atoms with Crippen LogP contribution in [0.25, 0.3) is 0 Å². The minimum Gasteiger partial charge on any atom is -0.494 e. The van der Waals surface area contributed by atoms with Crippen molar-refractivity contribution in [3.8, 4) is 11.5 Å². The Morgan fingerprint density at radius 2 is 1.83 bits per heavy atom. The summed E-state index contributed by atoms with van der Waals surface area (Å²) in [5.41, 5.74) is 0.780. The van der Waals surface area contributed by atoms with Crippen molar-refractivity contribution in [3.63, 3.8) is 0 Å². The summed E-state index contributed by atoms with van der Waals surface area (Å²) < 4.78 is 36.7. The zero-order chi connectivity index (χ0) is 17.5. The number of benzene rings is 2. The third kappa shape index (κ3) is 5.47. The summed E-state index contributed by atoms with van der Waals surface area (Å²) in [6.45, 7) is 0.927. The van der Waals surface area contributed by atoms with E-state index in [-0.39, 0.29) is 18.2 Å². The lowest BCUT2D eigenvalue weighted by Crippen LogP contribution is -2.32. The maximum absolute atomic E-state index is 13.7. The van der Waals surface area contributed by atoms with E-state index in [1.54, 1.807) is 12.1 Å². The fourth-order valence-electron chi connectivity index (χ4n) is 2.32. The van der Waals surface area contributed by atoms with Gasteiger partial charge in [-0.1, -0.05) is 6.07 Å². The number of hydrogen-bond donors (Lipinski definition) is 1. The molecule has 0 saturated heterocycles. The average Bonchev–Trinajstić information content (AvgIpc) is 2.54. The third-order valence-corrected chi connectivity index (χ3v) is 3.45. The van der Waals surface area contributed by atoms with E-state index in [1.165, 1.54) is 37.4 Å².